The Morgan fingerprint density at radius 1 is 1.33 bits per heavy atom. The number of amides is 1. The molecule has 0 aliphatic carbocycles. The first-order valence-electron chi connectivity index (χ1n) is 8.13. The van der Waals surface area contributed by atoms with E-state index in [-0.39, 0.29) is 16.7 Å². The molecule has 1 atom stereocenters. The van der Waals surface area contributed by atoms with Gasteiger partial charge in [0.05, 0.1) is 11.5 Å². The zero-order valence-corrected chi connectivity index (χ0v) is 16.0. The Bertz CT molecular complexity index is 671. The van der Waals surface area contributed by atoms with Crippen LogP contribution in [0.15, 0.2) is 28.0 Å². The van der Waals surface area contributed by atoms with Gasteiger partial charge in [-0.1, -0.05) is 25.6 Å². The molecule has 7 heteroatoms. The van der Waals surface area contributed by atoms with E-state index in [0.717, 1.165) is 11.7 Å². The van der Waals surface area contributed by atoms with Crippen LogP contribution in [0.25, 0.3) is 11.6 Å². The van der Waals surface area contributed by atoms with Crippen molar-refractivity contribution < 1.29 is 9.21 Å². The van der Waals surface area contributed by atoms with Crippen molar-refractivity contribution in [1.82, 2.24) is 20.1 Å². The molecule has 0 aliphatic rings. The molecule has 2 heterocycles. The Kier molecular flexibility index (Phi) is 5.74. The van der Waals surface area contributed by atoms with Crippen molar-refractivity contribution >= 4 is 17.7 Å². The normalized spacial score (nSPS) is 13.3. The van der Waals surface area contributed by atoms with Crippen LogP contribution in [0.5, 0.6) is 0 Å². The highest BCUT2D eigenvalue weighted by Crippen LogP contribution is 2.28. The number of carbonyl (C=O) groups excluding carboxylic acids is 1. The summed E-state index contributed by atoms with van der Waals surface area (Å²) < 4.78 is 7.48. The molecule has 132 valence electrons. The average Bonchev–Trinajstić information content (AvgIpc) is 3.07. The first-order chi connectivity index (χ1) is 11.2. The molecule has 1 N–H and O–H groups in total. The van der Waals surface area contributed by atoms with E-state index >= 15 is 0 Å². The molecule has 6 nitrogen and oxygen atoms in total. The number of hydrogen-bond acceptors (Lipinski definition) is 5. The minimum absolute atomic E-state index is 0.00820. The van der Waals surface area contributed by atoms with Gasteiger partial charge in [-0.25, -0.2) is 0 Å². The molecule has 0 aliphatic heterocycles. The van der Waals surface area contributed by atoms with Gasteiger partial charge >= 0.3 is 0 Å². The fourth-order valence-corrected chi connectivity index (χ4v) is 3.03. The van der Waals surface area contributed by atoms with Crippen LogP contribution in [-0.2, 0) is 11.3 Å². The molecule has 0 saturated carbocycles. The highest BCUT2D eigenvalue weighted by Gasteiger charge is 2.24. The number of furan rings is 1. The number of thioether (sulfide) groups is 1. The topological polar surface area (TPSA) is 73.0 Å². The number of nitrogens with one attached hydrogen (secondary N) is 1. The van der Waals surface area contributed by atoms with Crippen molar-refractivity contribution in [2.45, 2.75) is 64.0 Å². The van der Waals surface area contributed by atoms with Crippen molar-refractivity contribution in [3.05, 3.63) is 18.4 Å². The maximum Gasteiger partial charge on any atom is 0.233 e. The molecule has 0 radical (unpaired) electrons. The van der Waals surface area contributed by atoms with E-state index < -0.39 is 0 Å². The van der Waals surface area contributed by atoms with Gasteiger partial charge in [0.2, 0.25) is 5.91 Å². The number of nitrogens with zero attached hydrogens (tertiary/aromatic N) is 3. The predicted octanol–water partition coefficient (Wildman–Crippen LogP) is 3.59. The molecule has 24 heavy (non-hydrogen) atoms. The van der Waals surface area contributed by atoms with Crippen molar-refractivity contribution in [2.24, 2.45) is 5.92 Å². The van der Waals surface area contributed by atoms with Gasteiger partial charge in [0.15, 0.2) is 16.7 Å². The Labute approximate surface area is 147 Å². The summed E-state index contributed by atoms with van der Waals surface area (Å²) in [5, 5.41) is 12.0. The second-order valence-electron chi connectivity index (χ2n) is 7.29. The molecule has 0 bridgehead atoms. The fourth-order valence-electron chi connectivity index (χ4n) is 2.18. The monoisotopic (exact) mass is 350 g/mol. The summed E-state index contributed by atoms with van der Waals surface area (Å²) in [4.78, 5) is 12.3. The van der Waals surface area contributed by atoms with Gasteiger partial charge in [-0.05, 0) is 45.7 Å². The molecule has 0 fully saturated rings. The van der Waals surface area contributed by atoms with Crippen molar-refractivity contribution in [3.8, 4) is 11.6 Å². The summed E-state index contributed by atoms with van der Waals surface area (Å²) in [6, 6.07) is 3.70. The highest BCUT2D eigenvalue weighted by molar-refractivity contribution is 8.00. The van der Waals surface area contributed by atoms with Crippen LogP contribution in [0.3, 0.4) is 0 Å². The summed E-state index contributed by atoms with van der Waals surface area (Å²) in [6.07, 6.45) is 1.62. The Hall–Kier alpha value is -1.76. The third-order valence-corrected chi connectivity index (χ3v) is 4.24. The lowest BCUT2D eigenvalue weighted by molar-refractivity contribution is -0.121. The maximum atomic E-state index is 12.3. The molecular weight excluding hydrogens is 324 g/mol. The quantitative estimate of drug-likeness (QED) is 0.806. The van der Waals surface area contributed by atoms with Crippen LogP contribution in [0.1, 0.15) is 41.5 Å². The minimum atomic E-state index is -0.260. The molecule has 2 rings (SSSR count). The zero-order chi connectivity index (χ0) is 17.9. The molecule has 0 saturated heterocycles. The van der Waals surface area contributed by atoms with Crippen molar-refractivity contribution in [3.63, 3.8) is 0 Å². The van der Waals surface area contributed by atoms with Crippen LogP contribution >= 0.6 is 11.8 Å². The van der Waals surface area contributed by atoms with Crippen molar-refractivity contribution in [1.29, 1.82) is 0 Å². The molecule has 2 aromatic rings. The fraction of sp³-hybridized carbons (Fsp3) is 0.588. The lowest BCUT2D eigenvalue weighted by atomic mass is 10.1. The van der Waals surface area contributed by atoms with E-state index in [1.165, 1.54) is 11.8 Å². The van der Waals surface area contributed by atoms with E-state index in [1.807, 2.05) is 44.4 Å². The van der Waals surface area contributed by atoms with Gasteiger partial charge in [0.1, 0.15) is 0 Å². The second-order valence-corrected chi connectivity index (χ2v) is 8.60. The molecule has 2 aromatic heterocycles. The number of rotatable bonds is 6. The second kappa shape index (κ2) is 7.42. The molecule has 1 amide bonds. The number of carbonyl (C=O) groups is 1. The molecule has 1 unspecified atom stereocenters. The Morgan fingerprint density at radius 3 is 2.58 bits per heavy atom. The maximum absolute atomic E-state index is 12.3. The summed E-state index contributed by atoms with van der Waals surface area (Å²) in [7, 11) is 0. The van der Waals surface area contributed by atoms with Crippen LogP contribution in [0, 0.1) is 5.92 Å². The lowest BCUT2D eigenvalue weighted by Gasteiger charge is -2.23. The number of hydrogen-bond donors (Lipinski definition) is 1. The van der Waals surface area contributed by atoms with E-state index in [2.05, 4.69) is 29.4 Å². The smallest absolute Gasteiger partial charge is 0.233 e. The van der Waals surface area contributed by atoms with E-state index in [9.17, 15) is 4.79 Å². The van der Waals surface area contributed by atoms with Gasteiger partial charge in [0, 0.05) is 12.1 Å². The molecule has 0 aromatic carbocycles. The third-order valence-electron chi connectivity index (χ3n) is 3.16. The minimum Gasteiger partial charge on any atom is -0.461 e. The summed E-state index contributed by atoms with van der Waals surface area (Å²) >= 11 is 1.41. The largest absolute Gasteiger partial charge is 0.461 e. The lowest BCUT2D eigenvalue weighted by Crippen LogP contribution is -2.44. The van der Waals surface area contributed by atoms with Crippen LogP contribution < -0.4 is 5.32 Å². The van der Waals surface area contributed by atoms with Crippen LogP contribution in [0.4, 0.5) is 0 Å². The SMILES string of the molecule is CC(C)Cn1c(SC(C)C(=O)NC(C)(C)C)nnc1-c1ccco1. The number of aromatic nitrogens is 3. The van der Waals surface area contributed by atoms with E-state index in [4.69, 9.17) is 4.42 Å². The van der Waals surface area contributed by atoms with Crippen LogP contribution in [-0.4, -0.2) is 31.5 Å². The van der Waals surface area contributed by atoms with Gasteiger partial charge in [-0.2, -0.15) is 0 Å². The summed E-state index contributed by atoms with van der Waals surface area (Å²) in [5.74, 6) is 1.79. The third kappa shape index (κ3) is 4.87. The van der Waals surface area contributed by atoms with E-state index in [0.29, 0.717) is 17.5 Å². The molecule has 0 spiro atoms. The standard InChI is InChI=1S/C17H26N4O2S/c1-11(2)10-21-14(13-8-7-9-23-13)19-20-16(21)24-12(3)15(22)18-17(4,5)6/h7-9,11-12H,10H2,1-6H3,(H,18,22). The average molecular weight is 350 g/mol. The van der Waals surface area contributed by atoms with Gasteiger partial charge in [0.25, 0.3) is 0 Å². The van der Waals surface area contributed by atoms with Crippen molar-refractivity contribution in [2.75, 3.05) is 0 Å². The zero-order valence-electron chi connectivity index (χ0n) is 15.2. The highest BCUT2D eigenvalue weighted by atomic mass is 32.2. The first kappa shape index (κ1) is 18.6. The van der Waals surface area contributed by atoms with Crippen LogP contribution in [0.2, 0.25) is 0 Å². The predicted molar refractivity (Wildman–Crippen MR) is 95.8 cm³/mol. The van der Waals surface area contributed by atoms with Gasteiger partial charge < -0.3 is 9.73 Å². The van der Waals surface area contributed by atoms with Gasteiger partial charge in [-0.3, -0.25) is 9.36 Å². The van der Waals surface area contributed by atoms with E-state index in [1.54, 1.807) is 6.26 Å². The summed E-state index contributed by atoms with van der Waals surface area (Å²) in [5.41, 5.74) is -0.253. The Balaban J connectivity index is 2.22. The summed E-state index contributed by atoms with van der Waals surface area (Å²) in [6.45, 7) is 12.8. The Morgan fingerprint density at radius 2 is 2.04 bits per heavy atom. The first-order valence-corrected chi connectivity index (χ1v) is 9.01. The molecular formula is C17H26N4O2S. The van der Waals surface area contributed by atoms with Gasteiger partial charge in [-0.15, -0.1) is 10.2 Å².